The lowest BCUT2D eigenvalue weighted by molar-refractivity contribution is -0.145. The quantitative estimate of drug-likeness (QED) is 0.0976. The second-order valence-corrected chi connectivity index (χ2v) is 10.5. The van der Waals surface area contributed by atoms with E-state index in [-0.39, 0.29) is 18.9 Å². The summed E-state index contributed by atoms with van der Waals surface area (Å²) in [5.41, 5.74) is 6.97. The highest BCUT2D eigenvalue weighted by atomic mass is 31.2. The molecule has 2 unspecified atom stereocenters. The maximum absolute atomic E-state index is 13.8. The first kappa shape index (κ1) is 29.1. The molecule has 0 saturated heterocycles. The van der Waals surface area contributed by atoms with Gasteiger partial charge in [0.05, 0.1) is 19.5 Å². The Kier molecular flexibility index (Phi) is 11.1. The van der Waals surface area contributed by atoms with E-state index in [0.29, 0.717) is 48.8 Å². The van der Waals surface area contributed by atoms with Crippen LogP contribution in [0.5, 0.6) is 5.75 Å². The lowest BCUT2D eigenvalue weighted by Crippen LogP contribution is -2.37. The van der Waals surface area contributed by atoms with Crippen LogP contribution in [-0.2, 0) is 25.4 Å². The van der Waals surface area contributed by atoms with Crippen LogP contribution in [-0.4, -0.2) is 57.6 Å². The summed E-state index contributed by atoms with van der Waals surface area (Å²) in [7, 11) is -3.65. The molecule has 12 nitrogen and oxygen atoms in total. The smallest absolute Gasteiger partial charge is 0.342 e. The molecule has 0 spiro atoms. The van der Waals surface area contributed by atoms with Crippen molar-refractivity contribution in [2.75, 3.05) is 37.2 Å². The molecule has 0 bridgehead atoms. The molecule has 0 aliphatic carbocycles. The number of unbranched alkanes of at least 4 members (excludes halogenated alkanes) is 1. The van der Waals surface area contributed by atoms with E-state index in [0.717, 1.165) is 12.8 Å². The molecular formula is C25H36N7O5P. The van der Waals surface area contributed by atoms with Crippen LogP contribution >= 0.6 is 7.52 Å². The summed E-state index contributed by atoms with van der Waals surface area (Å²) in [5.74, 6) is 0.538. The highest BCUT2D eigenvalue weighted by Crippen LogP contribution is 2.44. The highest BCUT2D eigenvalue weighted by Gasteiger charge is 2.32. The van der Waals surface area contributed by atoms with Gasteiger partial charge in [-0.15, -0.1) is 6.58 Å². The first-order valence-corrected chi connectivity index (χ1v) is 14.4. The summed E-state index contributed by atoms with van der Waals surface area (Å²) >= 11 is 0. The van der Waals surface area contributed by atoms with Crippen molar-refractivity contribution in [3.05, 3.63) is 49.3 Å². The molecule has 4 N–H and O–H groups in total. The van der Waals surface area contributed by atoms with Gasteiger partial charge in [-0.1, -0.05) is 44.5 Å². The number of ether oxygens (including phenoxy) is 2. The Balaban J connectivity index is 1.68. The maximum Gasteiger partial charge on any atom is 0.342 e. The molecule has 0 radical (unpaired) electrons. The van der Waals surface area contributed by atoms with Gasteiger partial charge in [-0.2, -0.15) is 9.97 Å². The van der Waals surface area contributed by atoms with Gasteiger partial charge in [0.25, 0.3) is 0 Å². The normalized spacial score (nSPS) is 13.5. The minimum Gasteiger partial charge on any atom is -0.465 e. The van der Waals surface area contributed by atoms with Crippen molar-refractivity contribution in [2.24, 2.45) is 0 Å². The fourth-order valence-corrected chi connectivity index (χ4v) is 5.25. The number of anilines is 2. The predicted molar refractivity (Wildman–Crippen MR) is 147 cm³/mol. The van der Waals surface area contributed by atoms with Crippen LogP contribution in [0.2, 0.25) is 0 Å². The molecule has 0 saturated carbocycles. The average molecular weight is 546 g/mol. The number of nitrogens with two attached hydrogens (primary N) is 1. The third-order valence-corrected chi connectivity index (χ3v) is 7.15. The summed E-state index contributed by atoms with van der Waals surface area (Å²) < 4.78 is 32.5. The van der Waals surface area contributed by atoms with Crippen LogP contribution < -0.4 is 20.7 Å². The van der Waals surface area contributed by atoms with Crippen LogP contribution in [0.25, 0.3) is 11.2 Å². The first-order valence-electron chi connectivity index (χ1n) is 12.6. The van der Waals surface area contributed by atoms with E-state index in [2.05, 4.69) is 31.9 Å². The molecule has 3 aromatic rings. The zero-order valence-electron chi connectivity index (χ0n) is 21.8. The van der Waals surface area contributed by atoms with E-state index in [9.17, 15) is 9.36 Å². The summed E-state index contributed by atoms with van der Waals surface area (Å²) in [6.45, 7) is 8.84. The SMILES string of the molecule is C=CCNc1nc(N)nc2c1ncn2CCOCP(=O)(NC(CC)C(=O)OCCCC)Oc1ccccc1. The number of hydrogen-bond donors (Lipinski definition) is 3. The number of carbonyl (C=O) groups excluding carboxylic acids is 1. The zero-order chi connectivity index (χ0) is 27.4. The lowest BCUT2D eigenvalue weighted by Gasteiger charge is -2.24. The minimum atomic E-state index is -3.65. The van der Waals surface area contributed by atoms with Crippen molar-refractivity contribution in [1.29, 1.82) is 0 Å². The van der Waals surface area contributed by atoms with Gasteiger partial charge in [0.15, 0.2) is 17.0 Å². The molecule has 0 aliphatic heterocycles. The van der Waals surface area contributed by atoms with E-state index < -0.39 is 19.5 Å². The number of nitrogens with zero attached hydrogens (tertiary/aromatic N) is 4. The number of fused-ring (bicyclic) bond motifs is 1. The van der Waals surface area contributed by atoms with Gasteiger partial charge in [-0.05, 0) is 25.0 Å². The van der Waals surface area contributed by atoms with Crippen molar-refractivity contribution >= 4 is 36.4 Å². The van der Waals surface area contributed by atoms with Crippen LogP contribution in [0.4, 0.5) is 11.8 Å². The summed E-state index contributed by atoms with van der Waals surface area (Å²) in [6, 6.07) is 7.94. The molecule has 3 rings (SSSR count). The average Bonchev–Trinajstić information content (AvgIpc) is 3.31. The third-order valence-electron chi connectivity index (χ3n) is 5.42. The fraction of sp³-hybridized carbons (Fsp3) is 0.440. The molecule has 206 valence electrons. The third kappa shape index (κ3) is 8.27. The molecule has 1 aromatic carbocycles. The largest absolute Gasteiger partial charge is 0.465 e. The monoisotopic (exact) mass is 545 g/mol. The Morgan fingerprint density at radius 2 is 2.03 bits per heavy atom. The number of benzene rings is 1. The fourth-order valence-electron chi connectivity index (χ4n) is 3.47. The number of para-hydroxylation sites is 1. The molecule has 2 heterocycles. The number of rotatable bonds is 17. The number of hydrogen-bond acceptors (Lipinski definition) is 10. The zero-order valence-corrected chi connectivity index (χ0v) is 22.7. The van der Waals surface area contributed by atoms with Gasteiger partial charge >= 0.3 is 13.5 Å². The number of carbonyl (C=O) groups is 1. The van der Waals surface area contributed by atoms with Crippen LogP contribution in [0, 0.1) is 0 Å². The van der Waals surface area contributed by atoms with Crippen molar-refractivity contribution in [1.82, 2.24) is 24.6 Å². The minimum absolute atomic E-state index is 0.105. The van der Waals surface area contributed by atoms with Crippen LogP contribution in [0.1, 0.15) is 33.1 Å². The van der Waals surface area contributed by atoms with Crippen LogP contribution in [0.3, 0.4) is 0 Å². The molecule has 0 amide bonds. The summed E-state index contributed by atoms with van der Waals surface area (Å²) in [4.78, 5) is 25.4. The lowest BCUT2D eigenvalue weighted by atomic mass is 10.2. The number of aromatic nitrogens is 4. The van der Waals surface area contributed by atoms with Crippen molar-refractivity contribution in [2.45, 2.75) is 45.7 Å². The Morgan fingerprint density at radius 3 is 2.74 bits per heavy atom. The van der Waals surface area contributed by atoms with E-state index in [4.69, 9.17) is 19.7 Å². The topological polar surface area (TPSA) is 156 Å². The Labute approximate surface area is 222 Å². The van der Waals surface area contributed by atoms with Gasteiger partial charge in [-0.25, -0.2) is 10.1 Å². The van der Waals surface area contributed by atoms with Gasteiger partial charge in [0.1, 0.15) is 18.1 Å². The van der Waals surface area contributed by atoms with Gasteiger partial charge in [0, 0.05) is 13.1 Å². The molecule has 13 heteroatoms. The molecule has 2 atom stereocenters. The van der Waals surface area contributed by atoms with Crippen molar-refractivity contribution in [3.8, 4) is 5.75 Å². The van der Waals surface area contributed by atoms with E-state index in [1.807, 2.05) is 19.9 Å². The molecule has 0 fully saturated rings. The van der Waals surface area contributed by atoms with E-state index >= 15 is 0 Å². The Hall–Kier alpha value is -3.47. The van der Waals surface area contributed by atoms with Crippen LogP contribution in [0.15, 0.2) is 49.3 Å². The Morgan fingerprint density at radius 1 is 1.24 bits per heavy atom. The molecular weight excluding hydrogens is 509 g/mol. The number of nitrogen functional groups attached to an aromatic ring is 1. The molecule has 0 aliphatic rings. The van der Waals surface area contributed by atoms with Crippen molar-refractivity contribution < 1.29 is 23.4 Å². The predicted octanol–water partition coefficient (Wildman–Crippen LogP) is 3.96. The Bertz CT molecular complexity index is 1240. The van der Waals surface area contributed by atoms with E-state index in [1.54, 1.807) is 41.2 Å². The maximum atomic E-state index is 13.8. The number of nitrogens with one attached hydrogen (secondary N) is 2. The summed E-state index contributed by atoms with van der Waals surface area (Å²) in [6.07, 6.45) is 5.08. The second kappa shape index (κ2) is 14.5. The second-order valence-electron chi connectivity index (χ2n) is 8.44. The number of imidazole rings is 1. The van der Waals surface area contributed by atoms with Gasteiger partial charge < -0.3 is 29.6 Å². The van der Waals surface area contributed by atoms with E-state index in [1.165, 1.54) is 0 Å². The van der Waals surface area contributed by atoms with Gasteiger partial charge in [-0.3, -0.25) is 9.36 Å². The van der Waals surface area contributed by atoms with Crippen molar-refractivity contribution in [3.63, 3.8) is 0 Å². The first-order chi connectivity index (χ1) is 18.4. The standard InChI is InChI=1S/C25H36N7O5P/c1-4-7-15-36-24(33)20(6-3)31-38(34,37-19-11-9-8-10-12-19)18-35-16-14-32-17-28-21-22(27-13-5-2)29-25(26)30-23(21)32/h5,8-12,17,20H,2,4,6-7,13-16,18H2,1,3H3,(H,31,34)(H3,26,27,29,30). The highest BCUT2D eigenvalue weighted by molar-refractivity contribution is 7.57. The van der Waals surface area contributed by atoms with Gasteiger partial charge in [0.2, 0.25) is 5.95 Å². The molecule has 2 aromatic heterocycles. The molecule has 38 heavy (non-hydrogen) atoms. The summed E-state index contributed by atoms with van der Waals surface area (Å²) in [5, 5.41) is 5.97. The number of esters is 1.